The molecule has 0 saturated carbocycles. The summed E-state index contributed by atoms with van der Waals surface area (Å²) >= 11 is 0. The second kappa shape index (κ2) is 41.5. The Morgan fingerprint density at radius 3 is 1.00 bits per heavy atom. The lowest BCUT2D eigenvalue weighted by molar-refractivity contribution is -0.151. The lowest BCUT2D eigenvalue weighted by Gasteiger charge is -2.31. The topological polar surface area (TPSA) is 81.9 Å². The van der Waals surface area contributed by atoms with Gasteiger partial charge in [-0.3, -0.25) is 9.59 Å². The van der Waals surface area contributed by atoms with E-state index in [-0.39, 0.29) is 25.0 Å². The van der Waals surface area contributed by atoms with Gasteiger partial charge in [0.25, 0.3) is 0 Å². The molecular formula is C48H96N2O4. The van der Waals surface area contributed by atoms with Gasteiger partial charge in [0.1, 0.15) is 12.2 Å². The molecule has 0 fully saturated rings. The van der Waals surface area contributed by atoms with E-state index in [1.54, 1.807) is 0 Å². The third-order valence-electron chi connectivity index (χ3n) is 11.5. The third kappa shape index (κ3) is 33.0. The van der Waals surface area contributed by atoms with Crippen LogP contribution < -0.4 is 5.73 Å². The predicted octanol–water partition coefficient (Wildman–Crippen LogP) is 14.2. The molecule has 0 rings (SSSR count). The molecule has 0 aromatic carbocycles. The number of carbonyl (C=O) groups excluding carboxylic acids is 2. The lowest BCUT2D eigenvalue weighted by Crippen LogP contribution is -2.47. The normalized spacial score (nSPS) is 11.8. The van der Waals surface area contributed by atoms with Crippen molar-refractivity contribution in [1.82, 2.24) is 4.90 Å². The Hall–Kier alpha value is -1.14. The maximum absolute atomic E-state index is 13.0. The van der Waals surface area contributed by atoms with E-state index in [4.69, 9.17) is 15.2 Å². The number of primary amides is 1. The van der Waals surface area contributed by atoms with Crippen LogP contribution in [0.2, 0.25) is 0 Å². The fourth-order valence-electron chi connectivity index (χ4n) is 7.95. The number of hydrogen-bond donors (Lipinski definition) is 1. The molecule has 0 bridgehead atoms. The Labute approximate surface area is 338 Å². The van der Waals surface area contributed by atoms with Crippen LogP contribution in [0.25, 0.3) is 0 Å². The van der Waals surface area contributed by atoms with Crippen molar-refractivity contribution < 1.29 is 19.1 Å². The average molecular weight is 765 g/mol. The van der Waals surface area contributed by atoms with E-state index in [2.05, 4.69) is 27.7 Å². The van der Waals surface area contributed by atoms with Crippen molar-refractivity contribution in [2.45, 2.75) is 264 Å². The van der Waals surface area contributed by atoms with E-state index in [0.717, 1.165) is 51.6 Å². The fourth-order valence-corrected chi connectivity index (χ4v) is 7.95. The first kappa shape index (κ1) is 52.9. The van der Waals surface area contributed by atoms with E-state index in [1.807, 2.05) is 4.90 Å². The summed E-state index contributed by atoms with van der Waals surface area (Å²) < 4.78 is 12.1. The molecule has 0 heterocycles. The number of rotatable bonds is 45. The zero-order valence-corrected chi connectivity index (χ0v) is 37.1. The summed E-state index contributed by atoms with van der Waals surface area (Å²) in [6, 6.07) is 0. The highest BCUT2D eigenvalue weighted by Crippen LogP contribution is 2.28. The molecule has 6 heteroatoms. The first-order valence-corrected chi connectivity index (χ1v) is 24.3. The molecule has 0 spiro atoms. The molecule has 0 saturated heterocycles. The molecular weight excluding hydrogens is 669 g/mol. The van der Waals surface area contributed by atoms with Gasteiger partial charge in [0.2, 0.25) is 11.8 Å². The van der Waals surface area contributed by atoms with Gasteiger partial charge in [0.15, 0.2) is 0 Å². The molecule has 0 radical (unpaired) electrons. The van der Waals surface area contributed by atoms with Crippen LogP contribution in [0.5, 0.6) is 0 Å². The van der Waals surface area contributed by atoms with Crippen molar-refractivity contribution in [1.29, 1.82) is 0 Å². The van der Waals surface area contributed by atoms with Gasteiger partial charge >= 0.3 is 0 Å². The Morgan fingerprint density at radius 2 is 0.722 bits per heavy atom. The van der Waals surface area contributed by atoms with Gasteiger partial charge in [-0.1, -0.05) is 233 Å². The molecule has 0 aliphatic carbocycles. The summed E-state index contributed by atoms with van der Waals surface area (Å²) in [4.78, 5) is 27.5. The molecule has 54 heavy (non-hydrogen) atoms. The van der Waals surface area contributed by atoms with Crippen molar-refractivity contribution in [2.24, 2.45) is 5.73 Å². The molecule has 0 aromatic rings. The van der Waals surface area contributed by atoms with Crippen LogP contribution in [-0.4, -0.2) is 55.2 Å². The number of unbranched alkanes of at least 4 members (excludes halogenated alkanes) is 30. The van der Waals surface area contributed by atoms with E-state index in [1.165, 1.54) is 180 Å². The number of ether oxygens (including phenoxy) is 2. The van der Waals surface area contributed by atoms with Gasteiger partial charge < -0.3 is 20.1 Å². The van der Waals surface area contributed by atoms with Crippen molar-refractivity contribution in [2.75, 3.05) is 32.9 Å². The first-order chi connectivity index (χ1) is 26.5. The van der Waals surface area contributed by atoms with Crippen LogP contribution in [0.15, 0.2) is 0 Å². The zero-order chi connectivity index (χ0) is 39.6. The van der Waals surface area contributed by atoms with Crippen molar-refractivity contribution in [3.63, 3.8) is 0 Å². The van der Waals surface area contributed by atoms with Gasteiger partial charge in [0, 0.05) is 13.1 Å². The number of nitrogens with zero attached hydrogens (tertiary/aromatic N) is 1. The van der Waals surface area contributed by atoms with Crippen LogP contribution in [0.3, 0.4) is 0 Å². The molecule has 2 N–H and O–H groups in total. The van der Waals surface area contributed by atoms with Gasteiger partial charge in [0.05, 0.1) is 13.2 Å². The molecule has 0 aliphatic heterocycles. The van der Waals surface area contributed by atoms with Gasteiger partial charge in [-0.15, -0.1) is 0 Å². The summed E-state index contributed by atoms with van der Waals surface area (Å²) in [7, 11) is 0. The van der Waals surface area contributed by atoms with Gasteiger partial charge in [-0.2, -0.15) is 0 Å². The molecule has 0 aromatic heterocycles. The second-order valence-electron chi connectivity index (χ2n) is 16.7. The minimum atomic E-state index is -0.935. The Balaban J connectivity index is 4.48. The fraction of sp³-hybridized carbons (Fsp3) is 0.958. The van der Waals surface area contributed by atoms with Crippen LogP contribution in [0.4, 0.5) is 0 Å². The zero-order valence-electron chi connectivity index (χ0n) is 37.1. The highest BCUT2D eigenvalue weighted by molar-refractivity contribution is 5.83. The number of nitrogens with two attached hydrogens (primary N) is 1. The summed E-state index contributed by atoms with van der Waals surface area (Å²) in [5.74, 6) is -0.307. The molecule has 2 amide bonds. The van der Waals surface area contributed by atoms with E-state index < -0.39 is 5.60 Å². The highest BCUT2D eigenvalue weighted by atomic mass is 16.5. The summed E-state index contributed by atoms with van der Waals surface area (Å²) in [5, 5.41) is 0. The summed E-state index contributed by atoms with van der Waals surface area (Å²) in [6.45, 7) is 10.9. The van der Waals surface area contributed by atoms with Crippen LogP contribution in [-0.2, 0) is 19.1 Å². The Morgan fingerprint density at radius 1 is 0.426 bits per heavy atom. The molecule has 6 nitrogen and oxygen atoms in total. The van der Waals surface area contributed by atoms with E-state index >= 15 is 0 Å². The quantitative estimate of drug-likeness (QED) is 0.0626. The van der Waals surface area contributed by atoms with Crippen molar-refractivity contribution in [3.05, 3.63) is 0 Å². The van der Waals surface area contributed by atoms with Crippen LogP contribution in [0.1, 0.15) is 259 Å². The van der Waals surface area contributed by atoms with E-state index in [9.17, 15) is 9.59 Å². The van der Waals surface area contributed by atoms with Crippen LogP contribution in [0, 0.1) is 0 Å². The van der Waals surface area contributed by atoms with Crippen molar-refractivity contribution in [3.8, 4) is 0 Å². The largest absolute Gasteiger partial charge is 0.369 e. The Kier molecular flexibility index (Phi) is 40.6. The van der Waals surface area contributed by atoms with E-state index in [0.29, 0.717) is 19.4 Å². The van der Waals surface area contributed by atoms with Gasteiger partial charge in [-0.05, 0) is 25.7 Å². The minimum Gasteiger partial charge on any atom is -0.369 e. The molecule has 322 valence electrons. The summed E-state index contributed by atoms with van der Waals surface area (Å²) in [6.07, 6.45) is 45.7. The maximum Gasteiger partial charge on any atom is 0.249 e. The molecule has 0 aliphatic rings. The average Bonchev–Trinajstić information content (AvgIpc) is 3.16. The third-order valence-corrected chi connectivity index (χ3v) is 11.5. The van der Waals surface area contributed by atoms with Crippen molar-refractivity contribution >= 4 is 11.8 Å². The SMILES string of the molecule is CCCCCCCCCCCCCCCCCCC(CCCCCCCCCCCCCCCCCC)(OCCOCC(=O)N(CCC)CCC)C(N)=O. The Bertz CT molecular complexity index is 749. The monoisotopic (exact) mass is 765 g/mol. The highest BCUT2D eigenvalue weighted by Gasteiger charge is 2.36. The molecule has 0 atom stereocenters. The van der Waals surface area contributed by atoms with Crippen LogP contribution >= 0.6 is 0 Å². The predicted molar refractivity (Wildman–Crippen MR) is 234 cm³/mol. The lowest BCUT2D eigenvalue weighted by atomic mass is 9.88. The molecule has 0 unspecified atom stereocenters. The summed E-state index contributed by atoms with van der Waals surface area (Å²) in [5.41, 5.74) is 5.17. The first-order valence-electron chi connectivity index (χ1n) is 24.3. The maximum atomic E-state index is 13.0. The second-order valence-corrected chi connectivity index (χ2v) is 16.7. The number of hydrogen-bond acceptors (Lipinski definition) is 4. The minimum absolute atomic E-state index is 0.0289. The smallest absolute Gasteiger partial charge is 0.249 e. The number of amides is 2. The standard InChI is InChI=1S/C48H96N2O4/c1-5-9-11-13-15-17-19-21-23-25-27-29-31-33-35-37-39-48(47(49)52,54-44-43-53-45-46(51)50(41-7-3)42-8-4)40-38-36-34-32-30-28-26-24-22-20-18-16-14-12-10-6-2/h5-45H2,1-4H3,(H2,49,52). The number of carbonyl (C=O) groups is 2. The van der Waals surface area contributed by atoms with Gasteiger partial charge in [-0.25, -0.2) is 0 Å².